The summed E-state index contributed by atoms with van der Waals surface area (Å²) in [5, 5.41) is 3.33. The summed E-state index contributed by atoms with van der Waals surface area (Å²) < 4.78 is 0. The van der Waals surface area contributed by atoms with E-state index in [0.717, 1.165) is 5.56 Å². The van der Waals surface area contributed by atoms with Gasteiger partial charge in [-0.2, -0.15) is 0 Å². The lowest BCUT2D eigenvalue weighted by molar-refractivity contribution is 0.102. The van der Waals surface area contributed by atoms with Crippen LogP contribution in [0, 0.1) is 6.92 Å². The highest BCUT2D eigenvalue weighted by atomic mass is 35.5. The van der Waals surface area contributed by atoms with Crippen LogP contribution in [0.4, 0.5) is 5.69 Å². The third-order valence-corrected chi connectivity index (χ3v) is 2.84. The Hall–Kier alpha value is -1.80. The van der Waals surface area contributed by atoms with Gasteiger partial charge in [-0.3, -0.25) is 4.79 Å². The maximum atomic E-state index is 12.0. The maximum Gasteiger partial charge on any atom is 0.255 e. The highest BCUT2D eigenvalue weighted by Gasteiger charge is 2.09. The number of carbonyl (C=O) groups excluding carboxylic acids is 1. The first-order chi connectivity index (χ1) is 8.18. The van der Waals surface area contributed by atoms with E-state index in [1.165, 1.54) is 0 Å². The lowest BCUT2D eigenvalue weighted by Gasteiger charge is -2.08. The normalized spacial score (nSPS) is 10.0. The van der Waals surface area contributed by atoms with Gasteiger partial charge in [-0.1, -0.05) is 41.9 Å². The lowest BCUT2D eigenvalue weighted by atomic mass is 10.1. The number of amides is 1. The molecule has 0 bridgehead atoms. The number of halogens is 1. The average Bonchev–Trinajstić information content (AvgIpc) is 2.32. The van der Waals surface area contributed by atoms with E-state index in [0.29, 0.717) is 16.3 Å². The minimum absolute atomic E-state index is 0.142. The molecule has 0 heterocycles. The number of carbonyl (C=O) groups is 1. The predicted octanol–water partition coefficient (Wildman–Crippen LogP) is 3.90. The van der Waals surface area contributed by atoms with E-state index in [4.69, 9.17) is 11.6 Å². The van der Waals surface area contributed by atoms with Crippen LogP contribution in [-0.2, 0) is 0 Å². The molecule has 0 saturated carbocycles. The molecule has 2 aromatic carbocycles. The highest BCUT2D eigenvalue weighted by Crippen LogP contribution is 2.21. The fourth-order valence-corrected chi connectivity index (χ4v) is 1.76. The summed E-state index contributed by atoms with van der Waals surface area (Å²) in [7, 11) is 0. The molecule has 0 unspecified atom stereocenters. The second-order valence-corrected chi connectivity index (χ2v) is 4.16. The summed E-state index contributed by atoms with van der Waals surface area (Å²) in [6, 6.07) is 14.6. The molecular weight excluding hydrogens is 234 g/mol. The average molecular weight is 246 g/mol. The number of anilines is 1. The molecule has 0 aliphatic rings. The van der Waals surface area contributed by atoms with Crippen molar-refractivity contribution < 1.29 is 4.79 Å². The van der Waals surface area contributed by atoms with Crippen molar-refractivity contribution in [1.29, 1.82) is 0 Å². The van der Waals surface area contributed by atoms with E-state index in [1.807, 2.05) is 37.3 Å². The van der Waals surface area contributed by atoms with E-state index in [1.54, 1.807) is 18.2 Å². The predicted molar refractivity (Wildman–Crippen MR) is 70.6 cm³/mol. The molecule has 0 atom stereocenters. The number of hydrogen-bond donors (Lipinski definition) is 1. The summed E-state index contributed by atoms with van der Waals surface area (Å²) >= 11 is 5.98. The van der Waals surface area contributed by atoms with Gasteiger partial charge in [0.25, 0.3) is 5.91 Å². The third kappa shape index (κ3) is 2.66. The molecule has 2 nitrogen and oxygen atoms in total. The largest absolute Gasteiger partial charge is 0.321 e. The molecule has 17 heavy (non-hydrogen) atoms. The van der Waals surface area contributed by atoms with Crippen LogP contribution in [-0.4, -0.2) is 5.91 Å². The molecule has 0 fully saturated rings. The monoisotopic (exact) mass is 245 g/mol. The van der Waals surface area contributed by atoms with E-state index >= 15 is 0 Å². The molecular formula is C14H12ClNO. The van der Waals surface area contributed by atoms with Gasteiger partial charge < -0.3 is 5.32 Å². The third-order valence-electron chi connectivity index (χ3n) is 2.51. The van der Waals surface area contributed by atoms with Gasteiger partial charge in [0.15, 0.2) is 0 Å². The molecule has 0 aliphatic heterocycles. The van der Waals surface area contributed by atoms with Crippen LogP contribution in [0.3, 0.4) is 0 Å². The van der Waals surface area contributed by atoms with Crippen molar-refractivity contribution in [2.75, 3.05) is 5.32 Å². The van der Waals surface area contributed by atoms with Crippen molar-refractivity contribution in [3.63, 3.8) is 0 Å². The van der Waals surface area contributed by atoms with Gasteiger partial charge in [-0.05, 0) is 30.7 Å². The van der Waals surface area contributed by atoms with Crippen LogP contribution in [0.2, 0.25) is 5.02 Å². The van der Waals surface area contributed by atoms with Crippen molar-refractivity contribution in [3.8, 4) is 0 Å². The molecule has 3 heteroatoms. The van der Waals surface area contributed by atoms with E-state index < -0.39 is 0 Å². The number of aryl methyl sites for hydroxylation is 1. The topological polar surface area (TPSA) is 29.1 Å². The summed E-state index contributed by atoms with van der Waals surface area (Å²) in [6.45, 7) is 1.90. The van der Waals surface area contributed by atoms with Crippen molar-refractivity contribution in [1.82, 2.24) is 0 Å². The van der Waals surface area contributed by atoms with Gasteiger partial charge in [-0.25, -0.2) is 0 Å². The van der Waals surface area contributed by atoms with Crippen molar-refractivity contribution in [2.24, 2.45) is 0 Å². The van der Waals surface area contributed by atoms with Crippen LogP contribution in [0.1, 0.15) is 15.9 Å². The Bertz CT molecular complexity index is 551. The maximum absolute atomic E-state index is 12.0. The lowest BCUT2D eigenvalue weighted by Crippen LogP contribution is -2.13. The van der Waals surface area contributed by atoms with Gasteiger partial charge in [0, 0.05) is 5.56 Å². The zero-order valence-corrected chi connectivity index (χ0v) is 10.2. The van der Waals surface area contributed by atoms with E-state index in [9.17, 15) is 4.79 Å². The minimum Gasteiger partial charge on any atom is -0.321 e. The zero-order chi connectivity index (χ0) is 12.3. The molecule has 0 radical (unpaired) electrons. The number of hydrogen-bond acceptors (Lipinski definition) is 1. The highest BCUT2D eigenvalue weighted by molar-refractivity contribution is 6.33. The molecule has 0 aromatic heterocycles. The molecule has 2 rings (SSSR count). The number of benzene rings is 2. The van der Waals surface area contributed by atoms with Crippen LogP contribution in [0.5, 0.6) is 0 Å². The van der Waals surface area contributed by atoms with Crippen molar-refractivity contribution in [2.45, 2.75) is 6.92 Å². The molecule has 0 aliphatic carbocycles. The quantitative estimate of drug-likeness (QED) is 0.854. The standard InChI is InChI=1S/C14H12ClNO/c1-10-6-2-3-7-11(10)14(17)16-13-9-5-4-8-12(13)15/h2-9H,1H3,(H,16,17). The molecule has 1 N–H and O–H groups in total. The van der Waals surface area contributed by atoms with E-state index in [-0.39, 0.29) is 5.91 Å². The smallest absolute Gasteiger partial charge is 0.255 e. The van der Waals surface area contributed by atoms with Crippen LogP contribution in [0.25, 0.3) is 0 Å². The summed E-state index contributed by atoms with van der Waals surface area (Å²) in [6.07, 6.45) is 0. The molecule has 1 amide bonds. The summed E-state index contributed by atoms with van der Waals surface area (Å²) in [5.41, 5.74) is 2.23. The Morgan fingerprint density at radius 1 is 1.06 bits per heavy atom. The van der Waals surface area contributed by atoms with Crippen LogP contribution in [0.15, 0.2) is 48.5 Å². The first-order valence-corrected chi connectivity index (χ1v) is 5.68. The number of nitrogens with one attached hydrogen (secondary N) is 1. The van der Waals surface area contributed by atoms with Gasteiger partial charge in [0.1, 0.15) is 0 Å². The minimum atomic E-state index is -0.142. The molecule has 2 aromatic rings. The first kappa shape index (κ1) is 11.7. The Morgan fingerprint density at radius 3 is 2.41 bits per heavy atom. The molecule has 0 spiro atoms. The summed E-state index contributed by atoms with van der Waals surface area (Å²) in [5.74, 6) is -0.142. The number of rotatable bonds is 2. The fraction of sp³-hybridized carbons (Fsp3) is 0.0714. The van der Waals surface area contributed by atoms with Gasteiger partial charge in [0.2, 0.25) is 0 Å². The van der Waals surface area contributed by atoms with Gasteiger partial charge >= 0.3 is 0 Å². The second kappa shape index (κ2) is 5.02. The Labute approximate surface area is 105 Å². The summed E-state index contributed by atoms with van der Waals surface area (Å²) in [4.78, 5) is 12.0. The van der Waals surface area contributed by atoms with Crippen molar-refractivity contribution in [3.05, 3.63) is 64.7 Å². The zero-order valence-electron chi connectivity index (χ0n) is 9.41. The van der Waals surface area contributed by atoms with Gasteiger partial charge in [-0.15, -0.1) is 0 Å². The first-order valence-electron chi connectivity index (χ1n) is 5.30. The number of para-hydroxylation sites is 1. The van der Waals surface area contributed by atoms with Crippen LogP contribution < -0.4 is 5.32 Å². The Kier molecular flexibility index (Phi) is 3.45. The van der Waals surface area contributed by atoms with Gasteiger partial charge in [0.05, 0.1) is 10.7 Å². The Balaban J connectivity index is 2.24. The molecule has 86 valence electrons. The van der Waals surface area contributed by atoms with Crippen LogP contribution >= 0.6 is 11.6 Å². The van der Waals surface area contributed by atoms with E-state index in [2.05, 4.69) is 5.32 Å². The molecule has 0 saturated heterocycles. The second-order valence-electron chi connectivity index (χ2n) is 3.75. The SMILES string of the molecule is Cc1ccccc1C(=O)Nc1ccccc1Cl. The fourth-order valence-electron chi connectivity index (χ4n) is 1.58. The Morgan fingerprint density at radius 2 is 1.71 bits per heavy atom. The van der Waals surface area contributed by atoms with Crippen molar-refractivity contribution >= 4 is 23.2 Å².